The van der Waals surface area contributed by atoms with E-state index in [0.29, 0.717) is 5.75 Å². The van der Waals surface area contributed by atoms with Gasteiger partial charge in [-0.25, -0.2) is 0 Å². The minimum absolute atomic E-state index is 0.211. The summed E-state index contributed by atoms with van der Waals surface area (Å²) in [6.07, 6.45) is 6.88. The van der Waals surface area contributed by atoms with Crippen molar-refractivity contribution in [2.45, 2.75) is 36.7 Å². The average molecular weight is 370 g/mol. The van der Waals surface area contributed by atoms with Gasteiger partial charge in [0.1, 0.15) is 0 Å². The summed E-state index contributed by atoms with van der Waals surface area (Å²) in [6, 6.07) is 12.9. The van der Waals surface area contributed by atoms with Crippen LogP contribution in [-0.2, 0) is 11.3 Å². The van der Waals surface area contributed by atoms with Crippen molar-refractivity contribution in [2.24, 2.45) is 0 Å². The number of rotatable bonds is 6. The molecule has 3 rings (SSSR count). The van der Waals surface area contributed by atoms with Gasteiger partial charge in [-0.05, 0) is 56.6 Å². The highest BCUT2D eigenvalue weighted by Crippen LogP contribution is 2.32. The fourth-order valence-electron chi connectivity index (χ4n) is 3.45. The number of carbonyl (C=O) groups is 1. The summed E-state index contributed by atoms with van der Waals surface area (Å²) in [5.41, 5.74) is 2.56. The van der Waals surface area contributed by atoms with Crippen molar-refractivity contribution in [1.82, 2.24) is 14.8 Å². The Hall–Kier alpha value is -1.85. The molecule has 2 heterocycles. The van der Waals surface area contributed by atoms with Crippen LogP contribution >= 0.6 is 11.8 Å². The number of thioether (sulfide) groups is 1. The Morgan fingerprint density at radius 3 is 2.58 bits per heavy atom. The molecule has 1 saturated heterocycles. The van der Waals surface area contributed by atoms with Gasteiger partial charge in [0.05, 0.1) is 11.8 Å². The van der Waals surface area contributed by atoms with E-state index in [4.69, 9.17) is 0 Å². The van der Waals surface area contributed by atoms with E-state index in [9.17, 15) is 4.79 Å². The summed E-state index contributed by atoms with van der Waals surface area (Å²) in [4.78, 5) is 22.2. The Balaban J connectivity index is 1.66. The summed E-state index contributed by atoms with van der Waals surface area (Å²) >= 11 is 1.59. The van der Waals surface area contributed by atoms with Crippen molar-refractivity contribution < 1.29 is 4.79 Å². The molecule has 5 heteroatoms. The van der Waals surface area contributed by atoms with Crippen molar-refractivity contribution in [2.75, 3.05) is 26.4 Å². The maximum Gasteiger partial charge on any atom is 0.233 e. The molecule has 0 N–H and O–H groups in total. The first-order valence-corrected chi connectivity index (χ1v) is 10.2. The van der Waals surface area contributed by atoms with E-state index in [0.717, 1.165) is 30.8 Å². The van der Waals surface area contributed by atoms with Gasteiger partial charge in [0.2, 0.25) is 5.91 Å². The average Bonchev–Trinajstić information content (AvgIpc) is 2.67. The first-order valence-electron chi connectivity index (χ1n) is 9.19. The van der Waals surface area contributed by atoms with Crippen molar-refractivity contribution in [1.29, 1.82) is 0 Å². The molecule has 1 fully saturated rings. The molecule has 1 atom stereocenters. The molecule has 2 aromatic rings. The summed E-state index contributed by atoms with van der Waals surface area (Å²) in [7, 11) is 4.16. The van der Waals surface area contributed by atoms with E-state index in [1.807, 2.05) is 12.1 Å². The SMILES string of the molecule is CN(C)Cc1ccc([C@H]2CCCCN2C(=O)CSc2ccncc2)cc1. The largest absolute Gasteiger partial charge is 0.335 e. The zero-order valence-electron chi connectivity index (χ0n) is 15.6. The van der Waals surface area contributed by atoms with Crippen molar-refractivity contribution in [3.05, 3.63) is 59.9 Å². The van der Waals surface area contributed by atoms with Crippen molar-refractivity contribution in [3.63, 3.8) is 0 Å². The molecule has 1 aliphatic rings. The molecule has 1 aliphatic heterocycles. The van der Waals surface area contributed by atoms with Crippen LogP contribution in [-0.4, -0.2) is 47.1 Å². The molecule has 4 nitrogen and oxygen atoms in total. The van der Waals surface area contributed by atoms with Gasteiger partial charge in [-0.2, -0.15) is 0 Å². The van der Waals surface area contributed by atoms with Crippen LogP contribution in [0.15, 0.2) is 53.7 Å². The fourth-order valence-corrected chi connectivity index (χ4v) is 4.22. The zero-order chi connectivity index (χ0) is 18.4. The number of carbonyl (C=O) groups excluding carboxylic acids is 1. The van der Waals surface area contributed by atoms with Gasteiger partial charge in [0.25, 0.3) is 0 Å². The fraction of sp³-hybridized carbons (Fsp3) is 0.429. The first kappa shape index (κ1) is 18.9. The number of aromatic nitrogens is 1. The molecule has 138 valence electrons. The molecule has 0 spiro atoms. The maximum atomic E-state index is 12.9. The molecular weight excluding hydrogens is 342 g/mol. The molecule has 0 saturated carbocycles. The predicted molar refractivity (Wildman–Crippen MR) is 107 cm³/mol. The first-order chi connectivity index (χ1) is 12.6. The van der Waals surface area contributed by atoms with Crippen LogP contribution in [0, 0.1) is 0 Å². The third kappa shape index (κ3) is 5.08. The highest BCUT2D eigenvalue weighted by molar-refractivity contribution is 8.00. The summed E-state index contributed by atoms with van der Waals surface area (Å²) in [5, 5.41) is 0. The molecular formula is C21H27N3OS. The van der Waals surface area contributed by atoms with Gasteiger partial charge < -0.3 is 9.80 Å². The van der Waals surface area contributed by atoms with Gasteiger partial charge >= 0.3 is 0 Å². The molecule has 0 bridgehead atoms. The molecule has 0 aliphatic carbocycles. The quantitative estimate of drug-likeness (QED) is 0.722. The lowest BCUT2D eigenvalue weighted by molar-refractivity contribution is -0.132. The smallest absolute Gasteiger partial charge is 0.233 e. The normalized spacial score (nSPS) is 17.5. The number of pyridine rings is 1. The molecule has 1 aromatic heterocycles. The second-order valence-electron chi connectivity index (χ2n) is 7.05. The number of likely N-dealkylation sites (tertiary alicyclic amines) is 1. The van der Waals surface area contributed by atoms with E-state index in [-0.39, 0.29) is 11.9 Å². The van der Waals surface area contributed by atoms with E-state index < -0.39 is 0 Å². The highest BCUT2D eigenvalue weighted by Gasteiger charge is 2.27. The van der Waals surface area contributed by atoms with E-state index in [1.165, 1.54) is 17.5 Å². The Labute approximate surface area is 160 Å². The van der Waals surface area contributed by atoms with Crippen LogP contribution in [0.3, 0.4) is 0 Å². The van der Waals surface area contributed by atoms with Crippen LogP contribution in [0.5, 0.6) is 0 Å². The number of amides is 1. The molecule has 1 aromatic carbocycles. The number of benzene rings is 1. The highest BCUT2D eigenvalue weighted by atomic mass is 32.2. The van der Waals surface area contributed by atoms with Gasteiger partial charge in [-0.15, -0.1) is 11.8 Å². The van der Waals surface area contributed by atoms with Crippen LogP contribution in [0.25, 0.3) is 0 Å². The minimum atomic E-state index is 0.211. The van der Waals surface area contributed by atoms with E-state index in [2.05, 4.69) is 53.1 Å². The van der Waals surface area contributed by atoms with Gasteiger partial charge in [0, 0.05) is 30.4 Å². The minimum Gasteiger partial charge on any atom is -0.335 e. The Morgan fingerprint density at radius 1 is 1.15 bits per heavy atom. The Kier molecular flexibility index (Phi) is 6.69. The third-order valence-electron chi connectivity index (χ3n) is 4.70. The lowest BCUT2D eigenvalue weighted by atomic mass is 9.94. The monoisotopic (exact) mass is 369 g/mol. The maximum absolute atomic E-state index is 12.9. The summed E-state index contributed by atoms with van der Waals surface area (Å²) in [6.45, 7) is 1.80. The second-order valence-corrected chi connectivity index (χ2v) is 8.10. The number of hydrogen-bond donors (Lipinski definition) is 0. The summed E-state index contributed by atoms with van der Waals surface area (Å²) < 4.78 is 0. The molecule has 26 heavy (non-hydrogen) atoms. The molecule has 1 amide bonds. The lowest BCUT2D eigenvalue weighted by Gasteiger charge is -2.36. The summed E-state index contributed by atoms with van der Waals surface area (Å²) in [5.74, 6) is 0.716. The molecule has 0 radical (unpaired) electrons. The number of nitrogens with zero attached hydrogens (tertiary/aromatic N) is 3. The van der Waals surface area contributed by atoms with Gasteiger partial charge in [-0.3, -0.25) is 9.78 Å². The molecule has 0 unspecified atom stereocenters. The Morgan fingerprint density at radius 2 is 1.88 bits per heavy atom. The Bertz CT molecular complexity index is 703. The second kappa shape index (κ2) is 9.19. The number of hydrogen-bond acceptors (Lipinski definition) is 4. The van der Waals surface area contributed by atoms with Gasteiger partial charge in [-0.1, -0.05) is 24.3 Å². The standard InChI is InChI=1S/C21H27N3OS/c1-23(2)15-17-6-8-18(9-7-17)20-5-3-4-14-24(20)21(25)16-26-19-10-12-22-13-11-19/h6-13,20H,3-5,14-16H2,1-2H3/t20-/m1/s1. The predicted octanol–water partition coefficient (Wildman–Crippen LogP) is 3.99. The lowest BCUT2D eigenvalue weighted by Crippen LogP contribution is -2.39. The van der Waals surface area contributed by atoms with Gasteiger partial charge in [0.15, 0.2) is 0 Å². The number of piperidine rings is 1. The van der Waals surface area contributed by atoms with Crippen LogP contribution in [0.1, 0.15) is 36.4 Å². The van der Waals surface area contributed by atoms with Crippen molar-refractivity contribution >= 4 is 17.7 Å². The van der Waals surface area contributed by atoms with E-state index >= 15 is 0 Å². The topological polar surface area (TPSA) is 36.4 Å². The van der Waals surface area contributed by atoms with Crippen LogP contribution < -0.4 is 0 Å². The van der Waals surface area contributed by atoms with E-state index in [1.54, 1.807) is 24.2 Å². The van der Waals surface area contributed by atoms with Crippen LogP contribution in [0.2, 0.25) is 0 Å². The third-order valence-corrected chi connectivity index (χ3v) is 5.70. The van der Waals surface area contributed by atoms with Crippen molar-refractivity contribution in [3.8, 4) is 0 Å². The zero-order valence-corrected chi connectivity index (χ0v) is 16.4. The van der Waals surface area contributed by atoms with Crippen LogP contribution in [0.4, 0.5) is 0 Å².